The van der Waals surface area contributed by atoms with Crippen molar-refractivity contribution in [2.24, 2.45) is 0 Å². The molecular formula is C18H24ClNO5. The summed E-state index contributed by atoms with van der Waals surface area (Å²) in [5, 5.41) is 3.15. The fraction of sp³-hybridized carbons (Fsp3) is 0.444. The molecule has 25 heavy (non-hydrogen) atoms. The number of rotatable bonds is 9. The second-order valence-electron chi connectivity index (χ2n) is 5.26. The molecule has 0 bridgehead atoms. The van der Waals surface area contributed by atoms with Gasteiger partial charge in [-0.15, -0.1) is 0 Å². The van der Waals surface area contributed by atoms with Crippen LogP contribution in [0.15, 0.2) is 18.2 Å². The van der Waals surface area contributed by atoms with Crippen LogP contribution < -0.4 is 14.8 Å². The van der Waals surface area contributed by atoms with Gasteiger partial charge in [-0.25, -0.2) is 4.79 Å². The van der Waals surface area contributed by atoms with E-state index in [1.807, 2.05) is 13.8 Å². The highest BCUT2D eigenvalue weighted by Gasteiger charge is 2.11. The maximum atomic E-state index is 11.7. The Morgan fingerprint density at radius 3 is 2.44 bits per heavy atom. The summed E-state index contributed by atoms with van der Waals surface area (Å²) in [5.74, 6) is -0.0650. The molecule has 0 radical (unpaired) electrons. The Morgan fingerprint density at radius 1 is 1.20 bits per heavy atom. The van der Waals surface area contributed by atoms with E-state index in [4.69, 9.17) is 25.8 Å². The first-order valence-electron chi connectivity index (χ1n) is 8.00. The normalized spacial score (nSPS) is 10.8. The average Bonchev–Trinajstić information content (AvgIpc) is 2.61. The van der Waals surface area contributed by atoms with Gasteiger partial charge in [0.15, 0.2) is 18.1 Å². The van der Waals surface area contributed by atoms with Gasteiger partial charge < -0.3 is 19.5 Å². The van der Waals surface area contributed by atoms with Gasteiger partial charge in [0.05, 0.1) is 19.2 Å². The third-order valence-electron chi connectivity index (χ3n) is 3.56. The molecule has 0 heterocycles. The Kier molecular flexibility index (Phi) is 8.84. The molecule has 0 aliphatic carbocycles. The number of carbonyl (C=O) groups excluding carboxylic acids is 2. The van der Waals surface area contributed by atoms with Crippen molar-refractivity contribution in [2.45, 2.75) is 32.7 Å². The highest BCUT2D eigenvalue weighted by molar-refractivity contribution is 6.32. The second-order valence-corrected chi connectivity index (χ2v) is 5.67. The summed E-state index contributed by atoms with van der Waals surface area (Å²) in [7, 11) is 2.98. The Morgan fingerprint density at radius 2 is 1.88 bits per heavy atom. The van der Waals surface area contributed by atoms with Crippen molar-refractivity contribution >= 4 is 29.6 Å². The van der Waals surface area contributed by atoms with Crippen LogP contribution in [0.2, 0.25) is 5.02 Å². The van der Waals surface area contributed by atoms with Crippen molar-refractivity contribution in [3.63, 3.8) is 0 Å². The number of esters is 1. The molecular weight excluding hydrogens is 346 g/mol. The number of ether oxygens (including phenoxy) is 3. The van der Waals surface area contributed by atoms with Crippen molar-refractivity contribution in [1.82, 2.24) is 5.32 Å². The average molecular weight is 370 g/mol. The highest BCUT2D eigenvalue weighted by atomic mass is 35.5. The predicted octanol–water partition coefficient (Wildman–Crippen LogP) is 3.22. The van der Waals surface area contributed by atoms with Crippen LogP contribution in [0.5, 0.6) is 11.5 Å². The van der Waals surface area contributed by atoms with Crippen LogP contribution in [-0.4, -0.2) is 38.7 Å². The molecule has 0 atom stereocenters. The molecule has 6 nitrogen and oxygen atoms in total. The van der Waals surface area contributed by atoms with Crippen LogP contribution in [0, 0.1) is 0 Å². The quantitative estimate of drug-likeness (QED) is 0.534. The molecule has 1 rings (SSSR count). The number of hydrogen-bond acceptors (Lipinski definition) is 5. The summed E-state index contributed by atoms with van der Waals surface area (Å²) in [6.07, 6.45) is 4.41. The van der Waals surface area contributed by atoms with Crippen molar-refractivity contribution in [1.29, 1.82) is 0 Å². The minimum absolute atomic E-state index is 0.0932. The zero-order valence-electron chi connectivity index (χ0n) is 14.9. The topological polar surface area (TPSA) is 73.9 Å². The molecule has 0 aromatic heterocycles. The summed E-state index contributed by atoms with van der Waals surface area (Å²) in [6, 6.07) is 3.40. The van der Waals surface area contributed by atoms with Crippen molar-refractivity contribution in [3.8, 4) is 11.5 Å². The lowest BCUT2D eigenvalue weighted by molar-refractivity contribution is -0.144. The fourth-order valence-corrected chi connectivity index (χ4v) is 2.44. The van der Waals surface area contributed by atoms with Crippen molar-refractivity contribution in [2.75, 3.05) is 20.8 Å². The smallest absolute Gasteiger partial charge is 0.331 e. The summed E-state index contributed by atoms with van der Waals surface area (Å²) >= 11 is 6.10. The predicted molar refractivity (Wildman–Crippen MR) is 97.1 cm³/mol. The Hall–Kier alpha value is -2.21. The van der Waals surface area contributed by atoms with E-state index in [1.54, 1.807) is 12.1 Å². The van der Waals surface area contributed by atoms with Crippen LogP contribution in [0.3, 0.4) is 0 Å². The van der Waals surface area contributed by atoms with E-state index in [2.05, 4.69) is 5.32 Å². The Labute approximate surface area is 153 Å². The minimum Gasteiger partial charge on any atom is -0.493 e. The zero-order valence-corrected chi connectivity index (χ0v) is 15.7. The number of benzene rings is 1. The molecule has 138 valence electrons. The van der Waals surface area contributed by atoms with Gasteiger partial charge in [-0.2, -0.15) is 0 Å². The van der Waals surface area contributed by atoms with Gasteiger partial charge in [0.1, 0.15) is 0 Å². The largest absolute Gasteiger partial charge is 0.493 e. The summed E-state index contributed by atoms with van der Waals surface area (Å²) in [5.41, 5.74) is 0.640. The molecule has 1 aromatic carbocycles. The maximum Gasteiger partial charge on any atom is 0.331 e. The first-order chi connectivity index (χ1) is 11.9. The van der Waals surface area contributed by atoms with E-state index in [-0.39, 0.29) is 18.6 Å². The maximum absolute atomic E-state index is 11.7. The molecule has 0 saturated carbocycles. The van der Waals surface area contributed by atoms with Gasteiger partial charge in [0.25, 0.3) is 5.91 Å². The van der Waals surface area contributed by atoms with Gasteiger partial charge in [0, 0.05) is 12.1 Å². The van der Waals surface area contributed by atoms with E-state index < -0.39 is 5.97 Å². The molecule has 0 saturated heterocycles. The van der Waals surface area contributed by atoms with Crippen LogP contribution in [0.25, 0.3) is 6.08 Å². The molecule has 7 heteroatoms. The Bertz CT molecular complexity index is 626. The summed E-state index contributed by atoms with van der Waals surface area (Å²) in [6.45, 7) is 3.65. The second kappa shape index (κ2) is 10.6. The van der Waals surface area contributed by atoms with Gasteiger partial charge in [-0.05, 0) is 36.6 Å². The number of carbonyl (C=O) groups is 2. The lowest BCUT2D eigenvalue weighted by Gasteiger charge is -2.14. The fourth-order valence-electron chi connectivity index (χ4n) is 2.15. The number of halogens is 1. The number of hydrogen-bond donors (Lipinski definition) is 1. The van der Waals surface area contributed by atoms with E-state index in [0.717, 1.165) is 12.8 Å². The molecule has 1 amide bonds. The molecule has 0 aliphatic rings. The van der Waals surface area contributed by atoms with E-state index >= 15 is 0 Å². The zero-order chi connectivity index (χ0) is 18.8. The van der Waals surface area contributed by atoms with E-state index in [0.29, 0.717) is 22.1 Å². The van der Waals surface area contributed by atoms with Gasteiger partial charge in [0.2, 0.25) is 0 Å². The van der Waals surface area contributed by atoms with Crippen LogP contribution in [0.1, 0.15) is 32.3 Å². The number of methoxy groups -OCH3 is 2. The Balaban J connectivity index is 2.62. The molecule has 1 aromatic rings. The first kappa shape index (κ1) is 20.8. The lowest BCUT2D eigenvalue weighted by atomic mass is 10.2. The number of amides is 1. The molecule has 0 fully saturated rings. The van der Waals surface area contributed by atoms with Gasteiger partial charge in [-0.1, -0.05) is 25.4 Å². The van der Waals surface area contributed by atoms with Crippen LogP contribution in [0.4, 0.5) is 0 Å². The van der Waals surface area contributed by atoms with Gasteiger partial charge >= 0.3 is 5.97 Å². The minimum atomic E-state index is -0.620. The third-order valence-corrected chi connectivity index (χ3v) is 3.84. The van der Waals surface area contributed by atoms with Gasteiger partial charge in [-0.3, -0.25) is 4.79 Å². The monoisotopic (exact) mass is 369 g/mol. The van der Waals surface area contributed by atoms with Crippen molar-refractivity contribution in [3.05, 3.63) is 28.8 Å². The van der Waals surface area contributed by atoms with E-state index in [9.17, 15) is 9.59 Å². The molecule has 0 aliphatic heterocycles. The van der Waals surface area contributed by atoms with Crippen LogP contribution in [-0.2, 0) is 14.3 Å². The summed E-state index contributed by atoms with van der Waals surface area (Å²) < 4.78 is 15.3. The molecule has 0 spiro atoms. The first-order valence-corrected chi connectivity index (χ1v) is 8.38. The third kappa shape index (κ3) is 6.66. The number of nitrogens with one attached hydrogen (secondary N) is 1. The summed E-state index contributed by atoms with van der Waals surface area (Å²) in [4.78, 5) is 23.4. The SMILES string of the molecule is CCC(CC)NC(=O)COC(=O)C=Cc1cc(Cl)c(OC)c(OC)c1. The lowest BCUT2D eigenvalue weighted by Crippen LogP contribution is -2.36. The van der Waals surface area contributed by atoms with E-state index in [1.165, 1.54) is 26.4 Å². The van der Waals surface area contributed by atoms with Crippen molar-refractivity contribution < 1.29 is 23.8 Å². The molecule has 1 N–H and O–H groups in total. The standard InChI is InChI=1S/C18H24ClNO5/c1-5-13(6-2)20-16(21)11-25-17(22)8-7-12-9-14(19)18(24-4)15(10-12)23-3/h7-10,13H,5-6,11H2,1-4H3,(H,20,21). The highest BCUT2D eigenvalue weighted by Crippen LogP contribution is 2.36. The van der Waals surface area contributed by atoms with Crippen LogP contribution >= 0.6 is 11.6 Å². The molecule has 0 unspecified atom stereocenters.